The fourth-order valence-corrected chi connectivity index (χ4v) is 1.67. The van der Waals surface area contributed by atoms with Crippen LogP contribution < -0.4 is 5.73 Å². The molecule has 0 aliphatic heterocycles. The molecule has 0 saturated carbocycles. The molecule has 1 amide bonds. The second kappa shape index (κ2) is 22.7. The Bertz CT molecular complexity index is 339. The van der Waals surface area contributed by atoms with Gasteiger partial charge in [-0.3, -0.25) is 4.79 Å². The van der Waals surface area contributed by atoms with Crippen LogP contribution in [0.25, 0.3) is 0 Å². The predicted molar refractivity (Wildman–Crippen MR) is 104 cm³/mol. The molecule has 0 aromatic carbocycles. The fraction of sp³-hybridized carbons (Fsp3) is 0.571. The Morgan fingerprint density at radius 1 is 0.739 bits per heavy atom. The fourth-order valence-electron chi connectivity index (χ4n) is 1.67. The van der Waals surface area contributed by atoms with Crippen molar-refractivity contribution in [3.8, 4) is 0 Å². The van der Waals surface area contributed by atoms with Crippen LogP contribution in [-0.2, 0) is 4.79 Å². The van der Waals surface area contributed by atoms with Gasteiger partial charge in [-0.2, -0.15) is 0 Å². The molecule has 0 aliphatic carbocycles. The first-order chi connectivity index (χ1) is 11.2. The molecule has 2 nitrogen and oxygen atoms in total. The molecule has 0 fully saturated rings. The van der Waals surface area contributed by atoms with Gasteiger partial charge >= 0.3 is 0 Å². The molecule has 0 aliphatic rings. The minimum Gasteiger partial charge on any atom is -0.370 e. The highest BCUT2D eigenvalue weighted by atomic mass is 16.1. The highest BCUT2D eigenvalue weighted by molar-refractivity contribution is 5.73. The summed E-state index contributed by atoms with van der Waals surface area (Å²) in [6.07, 6.45) is 26.5. The number of allylic oxidation sites excluding steroid dienone is 8. The largest absolute Gasteiger partial charge is 0.370 e. The minimum atomic E-state index is -0.207. The van der Waals surface area contributed by atoms with Crippen LogP contribution in [0, 0.1) is 0 Å². The van der Waals surface area contributed by atoms with Gasteiger partial charge < -0.3 is 5.73 Å². The zero-order valence-electron chi connectivity index (χ0n) is 15.5. The van der Waals surface area contributed by atoms with E-state index in [4.69, 9.17) is 5.73 Å². The summed E-state index contributed by atoms with van der Waals surface area (Å²) in [7, 11) is 0. The van der Waals surface area contributed by atoms with Crippen molar-refractivity contribution in [1.82, 2.24) is 0 Å². The Morgan fingerprint density at radius 3 is 1.65 bits per heavy atom. The van der Waals surface area contributed by atoms with Gasteiger partial charge in [0.2, 0.25) is 5.91 Å². The summed E-state index contributed by atoms with van der Waals surface area (Å²) in [6, 6.07) is 0. The maximum Gasteiger partial charge on any atom is 0.217 e. The lowest BCUT2D eigenvalue weighted by molar-refractivity contribution is -0.118. The lowest BCUT2D eigenvalue weighted by atomic mass is 10.2. The van der Waals surface area contributed by atoms with Crippen LogP contribution in [0.3, 0.4) is 0 Å². The van der Waals surface area contributed by atoms with E-state index in [1.807, 2.05) is 0 Å². The molecule has 0 aromatic rings. The van der Waals surface area contributed by atoms with Crippen LogP contribution in [0.2, 0.25) is 0 Å². The molecule has 0 saturated heterocycles. The zero-order valence-corrected chi connectivity index (χ0v) is 15.5. The summed E-state index contributed by atoms with van der Waals surface area (Å²) in [6.45, 7) is 6.48. The lowest BCUT2D eigenvalue weighted by Crippen LogP contribution is -2.09. The van der Waals surface area contributed by atoms with Gasteiger partial charge in [0.1, 0.15) is 0 Å². The average molecular weight is 320 g/mol. The van der Waals surface area contributed by atoms with E-state index in [0.29, 0.717) is 6.42 Å². The molecule has 132 valence electrons. The van der Waals surface area contributed by atoms with Crippen molar-refractivity contribution in [2.75, 3.05) is 0 Å². The summed E-state index contributed by atoms with van der Waals surface area (Å²) >= 11 is 0. The smallest absolute Gasteiger partial charge is 0.217 e. The van der Waals surface area contributed by atoms with Crippen molar-refractivity contribution in [1.29, 1.82) is 0 Å². The molecule has 0 heterocycles. The standard InChI is InChI=1S/C12H21NO.C9H16/c1-2-3-4-5-6-7-8-9-10-11-12(13)14;1-3-5-7-9-8-6-4-2/h4-5,7-8H,2-3,6,9-11H2,1H3,(H2,13,14);5-8H,3-4,9H2,1-2H3/b5-4-,8-7-;7-5-,8-6-. The number of nitrogens with two attached hydrogens (primary N) is 1. The Hall–Kier alpha value is -1.57. The molecule has 0 unspecified atom stereocenters. The van der Waals surface area contributed by atoms with E-state index in [1.165, 1.54) is 6.42 Å². The van der Waals surface area contributed by atoms with E-state index in [1.54, 1.807) is 0 Å². The van der Waals surface area contributed by atoms with Gasteiger partial charge in [-0.25, -0.2) is 0 Å². The number of carbonyl (C=O) groups excluding carboxylic acids is 1. The van der Waals surface area contributed by atoms with Gasteiger partial charge in [0.15, 0.2) is 0 Å². The number of hydrogen-bond acceptors (Lipinski definition) is 1. The first-order valence-electron chi connectivity index (χ1n) is 9.07. The molecular weight excluding hydrogens is 282 g/mol. The third-order valence-electron chi connectivity index (χ3n) is 2.93. The van der Waals surface area contributed by atoms with Gasteiger partial charge in [0.05, 0.1) is 0 Å². The van der Waals surface area contributed by atoms with Crippen LogP contribution >= 0.6 is 0 Å². The molecule has 2 N–H and O–H groups in total. The Morgan fingerprint density at radius 2 is 1.22 bits per heavy atom. The van der Waals surface area contributed by atoms with Gasteiger partial charge in [-0.1, -0.05) is 75.8 Å². The third kappa shape index (κ3) is 29.1. The Balaban J connectivity index is 0. The molecule has 0 rings (SSSR count). The molecule has 0 aromatic heterocycles. The van der Waals surface area contributed by atoms with Crippen LogP contribution in [-0.4, -0.2) is 5.91 Å². The van der Waals surface area contributed by atoms with E-state index in [-0.39, 0.29) is 5.91 Å². The molecule has 0 bridgehead atoms. The molecule has 2 heteroatoms. The molecule has 23 heavy (non-hydrogen) atoms. The van der Waals surface area contributed by atoms with Gasteiger partial charge in [-0.05, 0) is 44.9 Å². The topological polar surface area (TPSA) is 43.1 Å². The van der Waals surface area contributed by atoms with Gasteiger partial charge in [0.25, 0.3) is 0 Å². The lowest BCUT2D eigenvalue weighted by Gasteiger charge is -1.90. The van der Waals surface area contributed by atoms with Crippen LogP contribution in [0.5, 0.6) is 0 Å². The van der Waals surface area contributed by atoms with Crippen molar-refractivity contribution in [2.24, 2.45) is 5.73 Å². The highest BCUT2D eigenvalue weighted by Crippen LogP contribution is 1.98. The molecule has 0 radical (unpaired) electrons. The molecular formula is C21H37NO. The van der Waals surface area contributed by atoms with Crippen LogP contribution in [0.4, 0.5) is 0 Å². The van der Waals surface area contributed by atoms with E-state index in [2.05, 4.69) is 69.4 Å². The summed E-state index contributed by atoms with van der Waals surface area (Å²) < 4.78 is 0. The number of amides is 1. The predicted octanol–water partition coefficient (Wildman–Crippen LogP) is 6.25. The number of primary amides is 1. The number of carbonyl (C=O) groups is 1. The minimum absolute atomic E-state index is 0.207. The van der Waals surface area contributed by atoms with E-state index in [0.717, 1.165) is 44.9 Å². The van der Waals surface area contributed by atoms with Crippen molar-refractivity contribution in [2.45, 2.75) is 78.6 Å². The zero-order chi connectivity index (χ0) is 17.6. The first-order valence-corrected chi connectivity index (χ1v) is 9.07. The van der Waals surface area contributed by atoms with Crippen molar-refractivity contribution < 1.29 is 4.79 Å². The van der Waals surface area contributed by atoms with Gasteiger partial charge in [-0.15, -0.1) is 0 Å². The second-order valence-electron chi connectivity index (χ2n) is 5.32. The van der Waals surface area contributed by atoms with Crippen molar-refractivity contribution in [3.05, 3.63) is 48.6 Å². The Labute approximate surface area is 144 Å². The first kappa shape index (κ1) is 23.7. The molecule has 0 spiro atoms. The number of hydrogen-bond donors (Lipinski definition) is 1. The number of rotatable bonds is 12. The highest BCUT2D eigenvalue weighted by Gasteiger charge is 1.90. The molecule has 0 atom stereocenters. The Kier molecular flexibility index (Phi) is 23.4. The monoisotopic (exact) mass is 319 g/mol. The summed E-state index contributed by atoms with van der Waals surface area (Å²) in [5.41, 5.74) is 5.01. The van der Waals surface area contributed by atoms with Gasteiger partial charge in [0, 0.05) is 6.42 Å². The maximum absolute atomic E-state index is 10.4. The van der Waals surface area contributed by atoms with Crippen molar-refractivity contribution in [3.63, 3.8) is 0 Å². The van der Waals surface area contributed by atoms with E-state index in [9.17, 15) is 4.79 Å². The third-order valence-corrected chi connectivity index (χ3v) is 2.93. The SMILES string of the molecule is CC/C=C\C/C=C\CC.CCC/C=C\C/C=C\CCCC(N)=O. The summed E-state index contributed by atoms with van der Waals surface area (Å²) in [5, 5.41) is 0. The quantitative estimate of drug-likeness (QED) is 0.335. The summed E-state index contributed by atoms with van der Waals surface area (Å²) in [4.78, 5) is 10.4. The van der Waals surface area contributed by atoms with Crippen LogP contribution in [0.15, 0.2) is 48.6 Å². The maximum atomic E-state index is 10.4. The van der Waals surface area contributed by atoms with Crippen molar-refractivity contribution >= 4 is 5.91 Å². The average Bonchev–Trinajstić information content (AvgIpc) is 2.54. The number of unbranched alkanes of at least 4 members (excludes halogenated alkanes) is 2. The van der Waals surface area contributed by atoms with Crippen LogP contribution in [0.1, 0.15) is 78.6 Å². The van der Waals surface area contributed by atoms with E-state index >= 15 is 0 Å². The summed E-state index contributed by atoms with van der Waals surface area (Å²) in [5.74, 6) is -0.207. The normalized spacial score (nSPS) is 11.6. The van der Waals surface area contributed by atoms with E-state index < -0.39 is 0 Å². The second-order valence-corrected chi connectivity index (χ2v) is 5.32.